The van der Waals surface area contributed by atoms with E-state index in [1.165, 1.54) is 0 Å². The number of hydrogen-bond donors (Lipinski definition) is 1. The van der Waals surface area contributed by atoms with Gasteiger partial charge < -0.3 is 10.5 Å². The first-order chi connectivity index (χ1) is 9.52. The predicted octanol–water partition coefficient (Wildman–Crippen LogP) is 2.05. The van der Waals surface area contributed by atoms with Crippen molar-refractivity contribution in [3.05, 3.63) is 46.8 Å². The van der Waals surface area contributed by atoms with Crippen LogP contribution in [0.4, 0.5) is 0 Å². The molecule has 1 unspecified atom stereocenters. The first kappa shape index (κ1) is 14.4. The third-order valence-electron chi connectivity index (χ3n) is 3.30. The van der Waals surface area contributed by atoms with Crippen molar-refractivity contribution in [2.45, 2.75) is 33.2 Å². The molecule has 0 amide bonds. The van der Waals surface area contributed by atoms with Crippen LogP contribution in [0.5, 0.6) is 5.75 Å². The van der Waals surface area contributed by atoms with E-state index in [4.69, 9.17) is 10.5 Å². The molecule has 0 aromatic carbocycles. The molecule has 0 spiro atoms. The van der Waals surface area contributed by atoms with Gasteiger partial charge in [-0.1, -0.05) is 0 Å². The Morgan fingerprint density at radius 3 is 2.35 bits per heavy atom. The van der Waals surface area contributed by atoms with Crippen molar-refractivity contribution in [1.29, 1.82) is 0 Å². The number of hydrogen-bond acceptors (Lipinski definition) is 5. The maximum Gasteiger partial charge on any atom is 0.145 e. The summed E-state index contributed by atoms with van der Waals surface area (Å²) in [4.78, 5) is 13.0. The number of pyridine rings is 1. The van der Waals surface area contributed by atoms with Crippen LogP contribution in [0.3, 0.4) is 0 Å². The molecule has 0 fully saturated rings. The number of nitrogens with two attached hydrogens (primary N) is 1. The molecule has 2 N–H and O–H groups in total. The molecule has 0 bridgehead atoms. The van der Waals surface area contributed by atoms with Crippen molar-refractivity contribution in [1.82, 2.24) is 15.0 Å². The van der Waals surface area contributed by atoms with Crippen LogP contribution >= 0.6 is 0 Å². The van der Waals surface area contributed by atoms with E-state index < -0.39 is 0 Å². The quantitative estimate of drug-likeness (QED) is 0.922. The zero-order chi connectivity index (χ0) is 14.7. The molecule has 0 saturated carbocycles. The van der Waals surface area contributed by atoms with Crippen LogP contribution in [-0.4, -0.2) is 22.1 Å². The molecule has 2 aromatic rings. The fourth-order valence-electron chi connectivity index (χ4n) is 2.17. The minimum atomic E-state index is -0.269. The van der Waals surface area contributed by atoms with Gasteiger partial charge in [-0.05, 0) is 26.3 Å². The number of rotatable bonds is 4. The number of aryl methyl sites for hydroxylation is 2. The van der Waals surface area contributed by atoms with Gasteiger partial charge in [0.25, 0.3) is 0 Å². The Morgan fingerprint density at radius 2 is 1.75 bits per heavy atom. The minimum absolute atomic E-state index is 0.269. The molecule has 0 aliphatic carbocycles. The van der Waals surface area contributed by atoms with Crippen molar-refractivity contribution in [3.8, 4) is 5.75 Å². The minimum Gasteiger partial charge on any atom is -0.496 e. The zero-order valence-electron chi connectivity index (χ0n) is 12.3. The van der Waals surface area contributed by atoms with Gasteiger partial charge in [-0.2, -0.15) is 0 Å². The zero-order valence-corrected chi connectivity index (χ0v) is 12.3. The maximum atomic E-state index is 6.17. The van der Waals surface area contributed by atoms with E-state index in [0.717, 1.165) is 28.1 Å². The average Bonchev–Trinajstić information content (AvgIpc) is 2.43. The lowest BCUT2D eigenvalue weighted by molar-refractivity contribution is 0.406. The highest BCUT2D eigenvalue weighted by Crippen LogP contribution is 2.25. The summed E-state index contributed by atoms with van der Waals surface area (Å²) in [5.41, 5.74) is 10.2. The maximum absolute atomic E-state index is 6.17. The Morgan fingerprint density at radius 1 is 1.10 bits per heavy atom. The third kappa shape index (κ3) is 2.93. The Labute approximate surface area is 119 Å². The number of aromatic nitrogens is 3. The van der Waals surface area contributed by atoms with E-state index in [-0.39, 0.29) is 6.04 Å². The SMILES string of the molecule is COc1c(C)cnc(CC(N)c2ncc(C)cn2)c1C. The van der Waals surface area contributed by atoms with Gasteiger partial charge in [0.15, 0.2) is 0 Å². The molecule has 1 atom stereocenters. The van der Waals surface area contributed by atoms with Crippen LogP contribution < -0.4 is 10.5 Å². The Balaban J connectivity index is 2.23. The van der Waals surface area contributed by atoms with Crippen LogP contribution in [0.1, 0.15) is 34.3 Å². The van der Waals surface area contributed by atoms with E-state index in [2.05, 4.69) is 15.0 Å². The van der Waals surface area contributed by atoms with Gasteiger partial charge in [0, 0.05) is 41.8 Å². The molecule has 20 heavy (non-hydrogen) atoms. The van der Waals surface area contributed by atoms with Gasteiger partial charge in [0.1, 0.15) is 11.6 Å². The largest absolute Gasteiger partial charge is 0.496 e. The molecule has 5 nitrogen and oxygen atoms in total. The topological polar surface area (TPSA) is 73.9 Å². The fourth-order valence-corrected chi connectivity index (χ4v) is 2.17. The first-order valence-electron chi connectivity index (χ1n) is 6.56. The van der Waals surface area contributed by atoms with Crippen molar-refractivity contribution in [2.24, 2.45) is 5.73 Å². The summed E-state index contributed by atoms with van der Waals surface area (Å²) in [6.07, 6.45) is 5.95. The molecule has 5 heteroatoms. The lowest BCUT2D eigenvalue weighted by Gasteiger charge is -2.15. The van der Waals surface area contributed by atoms with Crippen LogP contribution in [0.15, 0.2) is 18.6 Å². The standard InChI is InChI=1S/C15H20N4O/c1-9-6-18-15(19-7-9)12(16)5-13-11(3)14(20-4)10(2)8-17-13/h6-8,12H,5,16H2,1-4H3. The normalized spacial score (nSPS) is 12.2. The van der Waals surface area contributed by atoms with Crippen molar-refractivity contribution in [3.63, 3.8) is 0 Å². The van der Waals surface area contributed by atoms with E-state index in [0.29, 0.717) is 12.2 Å². The van der Waals surface area contributed by atoms with Gasteiger partial charge in [0.05, 0.1) is 13.2 Å². The lowest BCUT2D eigenvalue weighted by atomic mass is 10.0. The summed E-state index contributed by atoms with van der Waals surface area (Å²) in [6.45, 7) is 5.92. The molecular formula is C15H20N4O. The molecule has 2 heterocycles. The molecule has 2 aromatic heterocycles. The van der Waals surface area contributed by atoms with Crippen molar-refractivity contribution >= 4 is 0 Å². The lowest BCUT2D eigenvalue weighted by Crippen LogP contribution is -2.18. The van der Waals surface area contributed by atoms with Gasteiger partial charge in [-0.15, -0.1) is 0 Å². The number of nitrogens with zero attached hydrogens (tertiary/aromatic N) is 3. The Kier molecular flexibility index (Phi) is 4.29. The highest BCUT2D eigenvalue weighted by Gasteiger charge is 2.15. The average molecular weight is 272 g/mol. The molecule has 0 aliphatic rings. The monoisotopic (exact) mass is 272 g/mol. The summed E-state index contributed by atoms with van der Waals surface area (Å²) in [5, 5.41) is 0. The second kappa shape index (κ2) is 5.96. The smallest absolute Gasteiger partial charge is 0.145 e. The van der Waals surface area contributed by atoms with E-state index in [1.54, 1.807) is 19.5 Å². The second-order valence-electron chi connectivity index (χ2n) is 4.98. The van der Waals surface area contributed by atoms with Crippen LogP contribution in [0, 0.1) is 20.8 Å². The Hall–Kier alpha value is -2.01. The van der Waals surface area contributed by atoms with Crippen LogP contribution in [0.2, 0.25) is 0 Å². The first-order valence-corrected chi connectivity index (χ1v) is 6.56. The van der Waals surface area contributed by atoms with Gasteiger partial charge in [-0.3, -0.25) is 4.98 Å². The highest BCUT2D eigenvalue weighted by molar-refractivity contribution is 5.41. The summed E-state index contributed by atoms with van der Waals surface area (Å²) in [5.74, 6) is 1.50. The molecule has 0 saturated heterocycles. The van der Waals surface area contributed by atoms with E-state index in [1.807, 2.05) is 27.0 Å². The van der Waals surface area contributed by atoms with Crippen LogP contribution in [-0.2, 0) is 6.42 Å². The molecule has 2 rings (SSSR count). The molecular weight excluding hydrogens is 252 g/mol. The summed E-state index contributed by atoms with van der Waals surface area (Å²) in [6, 6.07) is -0.269. The second-order valence-corrected chi connectivity index (χ2v) is 4.98. The van der Waals surface area contributed by atoms with E-state index >= 15 is 0 Å². The summed E-state index contributed by atoms with van der Waals surface area (Å²) < 4.78 is 5.41. The van der Waals surface area contributed by atoms with Crippen molar-refractivity contribution in [2.75, 3.05) is 7.11 Å². The summed E-state index contributed by atoms with van der Waals surface area (Å²) in [7, 11) is 1.67. The van der Waals surface area contributed by atoms with Crippen molar-refractivity contribution < 1.29 is 4.74 Å². The van der Waals surface area contributed by atoms with Gasteiger partial charge >= 0.3 is 0 Å². The molecule has 0 aliphatic heterocycles. The van der Waals surface area contributed by atoms with Crippen LogP contribution in [0.25, 0.3) is 0 Å². The van der Waals surface area contributed by atoms with E-state index in [9.17, 15) is 0 Å². The number of methoxy groups -OCH3 is 1. The Bertz CT molecular complexity index is 596. The van der Waals surface area contributed by atoms with Gasteiger partial charge in [0.2, 0.25) is 0 Å². The predicted molar refractivity (Wildman–Crippen MR) is 77.7 cm³/mol. The van der Waals surface area contributed by atoms with Gasteiger partial charge in [-0.25, -0.2) is 9.97 Å². The summed E-state index contributed by atoms with van der Waals surface area (Å²) >= 11 is 0. The molecule has 106 valence electrons. The fraction of sp³-hybridized carbons (Fsp3) is 0.400. The third-order valence-corrected chi connectivity index (χ3v) is 3.30. The number of ether oxygens (including phenoxy) is 1. The molecule has 0 radical (unpaired) electrons. The highest BCUT2D eigenvalue weighted by atomic mass is 16.5.